The van der Waals surface area contributed by atoms with Gasteiger partial charge < -0.3 is 14.5 Å². The van der Waals surface area contributed by atoms with Crippen molar-refractivity contribution in [3.05, 3.63) is 18.5 Å². The van der Waals surface area contributed by atoms with E-state index < -0.39 is 0 Å². The Hall–Kier alpha value is -2.26. The molecule has 5 rings (SSSR count). The summed E-state index contributed by atoms with van der Waals surface area (Å²) in [7, 11) is 2.03. The van der Waals surface area contributed by atoms with Crippen LogP contribution in [0.3, 0.4) is 0 Å². The molecule has 0 bridgehead atoms. The lowest BCUT2D eigenvalue weighted by molar-refractivity contribution is -0.164. The minimum atomic E-state index is -0.208. The number of amides is 1. The maximum Gasteiger partial charge on any atom is 0.242 e. The molecule has 0 N–H and O–H groups in total. The number of likely N-dealkylation sites (N-methyl/N-ethyl adjacent to an activating group) is 1. The van der Waals surface area contributed by atoms with Crippen LogP contribution in [0.4, 0.5) is 5.82 Å². The van der Waals surface area contributed by atoms with Gasteiger partial charge in [0.05, 0.1) is 19.7 Å². The molecule has 1 spiro atoms. The van der Waals surface area contributed by atoms with Gasteiger partial charge in [-0.15, -0.1) is 15.3 Å². The van der Waals surface area contributed by atoms with Crippen LogP contribution in [0.15, 0.2) is 18.5 Å². The molecule has 26 heavy (non-hydrogen) atoms. The minimum Gasteiger partial charge on any atom is -0.368 e. The maximum absolute atomic E-state index is 12.7. The van der Waals surface area contributed by atoms with Crippen molar-refractivity contribution in [1.82, 2.24) is 29.6 Å². The fourth-order valence-electron chi connectivity index (χ4n) is 4.29. The first kappa shape index (κ1) is 16.0. The number of hydrogen-bond donors (Lipinski definition) is 0. The van der Waals surface area contributed by atoms with Crippen molar-refractivity contribution in [3.63, 3.8) is 0 Å². The number of fused-ring (bicyclic) bond motifs is 1. The Kier molecular flexibility index (Phi) is 3.61. The van der Waals surface area contributed by atoms with Crippen molar-refractivity contribution >= 4 is 17.4 Å². The van der Waals surface area contributed by atoms with Crippen molar-refractivity contribution < 1.29 is 9.53 Å². The van der Waals surface area contributed by atoms with E-state index in [4.69, 9.17) is 4.74 Å². The van der Waals surface area contributed by atoms with Gasteiger partial charge >= 0.3 is 0 Å². The van der Waals surface area contributed by atoms with E-state index in [0.717, 1.165) is 57.0 Å². The average molecular weight is 357 g/mol. The molecule has 0 saturated carbocycles. The number of rotatable bonds is 2. The van der Waals surface area contributed by atoms with E-state index in [0.29, 0.717) is 6.61 Å². The summed E-state index contributed by atoms with van der Waals surface area (Å²) in [6.07, 6.45) is 3.84. The standard InChI is InChI=1S/C17H23N7O2/c1-21-9-17(26-8-13(21)16(25)22-6-2-3-7-22)10-23(11-17)15-5-4-14-19-18-12-24(14)20-15/h4-5,12-13H,2-3,6-11H2,1H3/t13-/m0/s1. The smallest absolute Gasteiger partial charge is 0.242 e. The molecular weight excluding hydrogens is 334 g/mol. The topological polar surface area (TPSA) is 79.1 Å². The first-order valence-electron chi connectivity index (χ1n) is 9.19. The fourth-order valence-corrected chi connectivity index (χ4v) is 4.29. The lowest BCUT2D eigenvalue weighted by Gasteiger charge is -2.55. The second-order valence-electron chi connectivity index (χ2n) is 7.64. The number of likely N-dealkylation sites (tertiary alicyclic amines) is 1. The Morgan fingerprint density at radius 3 is 2.81 bits per heavy atom. The van der Waals surface area contributed by atoms with Crippen LogP contribution < -0.4 is 4.90 Å². The van der Waals surface area contributed by atoms with Gasteiger partial charge in [0.2, 0.25) is 5.91 Å². The van der Waals surface area contributed by atoms with Crippen LogP contribution in [-0.2, 0) is 9.53 Å². The Morgan fingerprint density at radius 1 is 1.23 bits per heavy atom. The van der Waals surface area contributed by atoms with E-state index in [1.165, 1.54) is 0 Å². The largest absolute Gasteiger partial charge is 0.368 e. The van der Waals surface area contributed by atoms with Crippen molar-refractivity contribution in [3.8, 4) is 0 Å². The lowest BCUT2D eigenvalue weighted by Crippen LogP contribution is -2.72. The van der Waals surface area contributed by atoms with E-state index in [2.05, 4.69) is 25.1 Å². The molecule has 9 heteroatoms. The molecule has 0 radical (unpaired) electrons. The maximum atomic E-state index is 12.7. The van der Waals surface area contributed by atoms with Gasteiger partial charge in [-0.2, -0.15) is 4.52 Å². The Balaban J connectivity index is 1.23. The molecule has 1 atom stereocenters. The molecule has 0 aliphatic carbocycles. The molecule has 138 valence electrons. The highest BCUT2D eigenvalue weighted by atomic mass is 16.5. The number of carbonyl (C=O) groups excluding carboxylic acids is 1. The van der Waals surface area contributed by atoms with Gasteiger partial charge in [0, 0.05) is 19.6 Å². The summed E-state index contributed by atoms with van der Waals surface area (Å²) >= 11 is 0. The number of ether oxygens (including phenoxy) is 1. The summed E-state index contributed by atoms with van der Waals surface area (Å²) < 4.78 is 7.88. The third-order valence-electron chi connectivity index (χ3n) is 5.75. The molecule has 1 amide bonds. The van der Waals surface area contributed by atoms with Crippen molar-refractivity contribution in [2.24, 2.45) is 0 Å². The van der Waals surface area contributed by atoms with Crippen molar-refractivity contribution in [2.45, 2.75) is 24.5 Å². The molecular formula is C17H23N7O2. The fraction of sp³-hybridized carbons (Fsp3) is 0.647. The number of carbonyl (C=O) groups is 1. The van der Waals surface area contributed by atoms with Crippen LogP contribution in [0.2, 0.25) is 0 Å². The molecule has 2 aromatic rings. The van der Waals surface area contributed by atoms with E-state index in [-0.39, 0.29) is 17.6 Å². The first-order chi connectivity index (χ1) is 12.6. The predicted octanol–water partition coefficient (Wildman–Crippen LogP) is -0.364. The number of anilines is 1. The normalized spacial score (nSPS) is 25.8. The molecule has 0 aromatic carbocycles. The summed E-state index contributed by atoms with van der Waals surface area (Å²) in [6.45, 7) is 4.57. The zero-order chi connectivity index (χ0) is 17.7. The molecule has 3 aliphatic rings. The van der Waals surface area contributed by atoms with E-state index in [9.17, 15) is 4.79 Å². The molecule has 3 aliphatic heterocycles. The Bertz CT molecular complexity index is 825. The number of morpholine rings is 1. The third-order valence-corrected chi connectivity index (χ3v) is 5.75. The lowest BCUT2D eigenvalue weighted by atomic mass is 9.90. The van der Waals surface area contributed by atoms with Gasteiger partial charge in [-0.3, -0.25) is 9.69 Å². The molecule has 9 nitrogen and oxygen atoms in total. The number of hydrogen-bond acceptors (Lipinski definition) is 7. The summed E-state index contributed by atoms with van der Waals surface area (Å²) in [4.78, 5) is 19.0. The molecule has 3 saturated heterocycles. The second-order valence-corrected chi connectivity index (χ2v) is 7.64. The van der Waals surface area contributed by atoms with E-state index >= 15 is 0 Å². The molecule has 5 heterocycles. The Labute approximate surface area is 151 Å². The van der Waals surface area contributed by atoms with Crippen molar-refractivity contribution in [1.29, 1.82) is 0 Å². The highest BCUT2D eigenvalue weighted by molar-refractivity contribution is 5.82. The molecule has 3 fully saturated rings. The number of nitrogens with zero attached hydrogens (tertiary/aromatic N) is 7. The first-order valence-corrected chi connectivity index (χ1v) is 9.19. The van der Waals surface area contributed by atoms with Crippen LogP contribution in [0.25, 0.3) is 5.65 Å². The summed E-state index contributed by atoms with van der Waals surface area (Å²) in [5.41, 5.74) is 0.529. The van der Waals surface area contributed by atoms with Crippen LogP contribution in [0.1, 0.15) is 12.8 Å². The zero-order valence-corrected chi connectivity index (χ0v) is 14.9. The van der Waals surface area contributed by atoms with Gasteiger partial charge in [-0.05, 0) is 32.0 Å². The van der Waals surface area contributed by atoms with Gasteiger partial charge in [0.15, 0.2) is 5.65 Å². The summed E-state index contributed by atoms with van der Waals surface area (Å²) in [5, 5.41) is 12.4. The van der Waals surface area contributed by atoms with Gasteiger partial charge in [0.25, 0.3) is 0 Å². The van der Waals surface area contributed by atoms with Crippen molar-refractivity contribution in [2.75, 3.05) is 51.3 Å². The quantitative estimate of drug-likeness (QED) is 0.726. The summed E-state index contributed by atoms with van der Waals surface area (Å²) in [6, 6.07) is 3.72. The van der Waals surface area contributed by atoms with Crippen LogP contribution >= 0.6 is 0 Å². The monoisotopic (exact) mass is 357 g/mol. The zero-order valence-electron chi connectivity index (χ0n) is 14.9. The van der Waals surface area contributed by atoms with E-state index in [1.807, 2.05) is 24.1 Å². The summed E-state index contributed by atoms with van der Waals surface area (Å²) in [5.74, 6) is 1.11. The number of aromatic nitrogens is 4. The van der Waals surface area contributed by atoms with Gasteiger partial charge in [-0.25, -0.2) is 0 Å². The second kappa shape index (κ2) is 5.88. The average Bonchev–Trinajstić information content (AvgIpc) is 3.29. The predicted molar refractivity (Wildman–Crippen MR) is 93.9 cm³/mol. The third kappa shape index (κ3) is 2.53. The van der Waals surface area contributed by atoms with Crippen LogP contribution in [0, 0.1) is 0 Å². The molecule has 0 unspecified atom stereocenters. The molecule has 2 aromatic heterocycles. The minimum absolute atomic E-state index is 0.153. The SMILES string of the molecule is CN1CC2(CN(c3ccc4nncn4n3)C2)OC[C@H]1C(=O)N1CCCC1. The van der Waals surface area contributed by atoms with Gasteiger partial charge in [-0.1, -0.05) is 0 Å². The van der Waals surface area contributed by atoms with Crippen LogP contribution in [0.5, 0.6) is 0 Å². The van der Waals surface area contributed by atoms with Gasteiger partial charge in [0.1, 0.15) is 23.8 Å². The van der Waals surface area contributed by atoms with Crippen LogP contribution in [-0.4, -0.2) is 93.5 Å². The Morgan fingerprint density at radius 2 is 2.04 bits per heavy atom. The van der Waals surface area contributed by atoms with E-state index in [1.54, 1.807) is 10.8 Å². The highest BCUT2D eigenvalue weighted by Crippen LogP contribution is 2.33. The highest BCUT2D eigenvalue weighted by Gasteiger charge is 2.50.